The number of aldehydes is 1. The monoisotopic (exact) mass is 438 g/mol. The highest BCUT2D eigenvalue weighted by atomic mass is 19.1. The molecular weight excluding hydrogens is 411 g/mol. The topological polar surface area (TPSA) is 91.7 Å². The van der Waals surface area contributed by atoms with E-state index < -0.39 is 12.1 Å². The lowest BCUT2D eigenvalue weighted by molar-refractivity contribution is -0.112. The Kier molecular flexibility index (Phi) is 6.13. The van der Waals surface area contributed by atoms with Crippen LogP contribution in [0.1, 0.15) is 36.8 Å². The number of phenols is 1. The van der Waals surface area contributed by atoms with Crippen LogP contribution in [0.4, 0.5) is 10.2 Å². The molecule has 0 unspecified atom stereocenters. The van der Waals surface area contributed by atoms with Gasteiger partial charge in [-0.2, -0.15) is 0 Å². The predicted octanol–water partition coefficient (Wildman–Crippen LogP) is 4.31. The van der Waals surface area contributed by atoms with Crippen LogP contribution in [0.2, 0.25) is 0 Å². The molecular formula is C25H27FN2O4. The number of pyridine rings is 1. The zero-order valence-corrected chi connectivity index (χ0v) is 18.2. The number of ether oxygens (including phenoxy) is 1. The summed E-state index contributed by atoms with van der Waals surface area (Å²) in [5.74, 6) is 0.336. The van der Waals surface area contributed by atoms with Gasteiger partial charge in [-0.25, -0.2) is 9.37 Å². The molecule has 0 spiro atoms. The smallest absolute Gasteiger partial charge is 0.147 e. The fourth-order valence-corrected chi connectivity index (χ4v) is 4.24. The number of aromatic nitrogens is 1. The van der Waals surface area contributed by atoms with E-state index in [9.17, 15) is 19.4 Å². The van der Waals surface area contributed by atoms with Gasteiger partial charge in [0.1, 0.15) is 29.2 Å². The first kappa shape index (κ1) is 22.2. The van der Waals surface area contributed by atoms with E-state index in [-0.39, 0.29) is 17.5 Å². The van der Waals surface area contributed by atoms with E-state index in [0.717, 1.165) is 34.9 Å². The number of hydrogen-bond donors (Lipinski definition) is 3. The second-order valence-electron chi connectivity index (χ2n) is 8.62. The Labute approximate surface area is 186 Å². The van der Waals surface area contributed by atoms with Crippen LogP contribution in [0, 0.1) is 12.7 Å². The van der Waals surface area contributed by atoms with Crippen LogP contribution in [0.15, 0.2) is 36.4 Å². The molecule has 1 aromatic heterocycles. The standard InChI is InChI=1S/C25H27FN2O4/c1-15-11-17(3-6-20(15)26)22-19-5-4-18(31)12-21(19)27-24(28-25(2,13-29)14-30)23(22)16-7-9-32-10-8-16/h3-6,11-13,16,30-31H,7-10,14H2,1-2H3,(H,27,28)/t25-/m1/s1. The highest BCUT2D eigenvalue weighted by Crippen LogP contribution is 2.44. The van der Waals surface area contributed by atoms with Gasteiger partial charge in [-0.1, -0.05) is 6.07 Å². The van der Waals surface area contributed by atoms with Gasteiger partial charge in [0.15, 0.2) is 0 Å². The highest BCUT2D eigenvalue weighted by molar-refractivity contribution is 5.99. The summed E-state index contributed by atoms with van der Waals surface area (Å²) in [7, 11) is 0. The average Bonchev–Trinajstić information content (AvgIpc) is 2.80. The molecule has 0 radical (unpaired) electrons. The van der Waals surface area contributed by atoms with Crippen LogP contribution in [-0.2, 0) is 9.53 Å². The van der Waals surface area contributed by atoms with Gasteiger partial charge in [0, 0.05) is 30.2 Å². The number of phenolic OH excluding ortho intramolecular Hbond substituents is 1. The Morgan fingerprint density at radius 1 is 1.25 bits per heavy atom. The van der Waals surface area contributed by atoms with E-state index >= 15 is 0 Å². The number of carbonyl (C=O) groups excluding carboxylic acids is 1. The Bertz CT molecular complexity index is 1160. The SMILES string of the molecule is Cc1cc(-c2c(C3CCOCC3)c(N[C@](C)(C=O)CO)nc3cc(O)ccc23)ccc1F. The summed E-state index contributed by atoms with van der Waals surface area (Å²) in [6.07, 6.45) is 2.20. The van der Waals surface area contributed by atoms with E-state index in [2.05, 4.69) is 5.32 Å². The summed E-state index contributed by atoms with van der Waals surface area (Å²) in [6.45, 7) is 4.12. The number of anilines is 1. The van der Waals surface area contributed by atoms with Gasteiger partial charge in [0.2, 0.25) is 0 Å². The lowest BCUT2D eigenvalue weighted by atomic mass is 9.83. The summed E-state index contributed by atoms with van der Waals surface area (Å²) in [5, 5.41) is 23.9. The normalized spacial score (nSPS) is 16.6. The van der Waals surface area contributed by atoms with Gasteiger partial charge in [0.05, 0.1) is 12.1 Å². The Morgan fingerprint density at radius 2 is 2.00 bits per heavy atom. The molecule has 1 aliphatic heterocycles. The van der Waals surface area contributed by atoms with Gasteiger partial charge in [0.25, 0.3) is 0 Å². The number of fused-ring (bicyclic) bond motifs is 1. The highest BCUT2D eigenvalue weighted by Gasteiger charge is 2.30. The number of hydrogen-bond acceptors (Lipinski definition) is 6. The third-order valence-corrected chi connectivity index (χ3v) is 6.08. The minimum absolute atomic E-state index is 0.0660. The van der Waals surface area contributed by atoms with Crippen molar-refractivity contribution in [2.75, 3.05) is 25.1 Å². The van der Waals surface area contributed by atoms with Crippen molar-refractivity contribution in [3.8, 4) is 16.9 Å². The van der Waals surface area contributed by atoms with Crippen molar-refractivity contribution >= 4 is 23.0 Å². The number of aliphatic hydroxyl groups excluding tert-OH is 1. The van der Waals surface area contributed by atoms with Crippen molar-refractivity contribution in [1.82, 2.24) is 4.98 Å². The molecule has 1 atom stereocenters. The maximum atomic E-state index is 14.1. The van der Waals surface area contributed by atoms with Crippen LogP contribution in [-0.4, -0.2) is 46.8 Å². The van der Waals surface area contributed by atoms with Gasteiger partial charge in [-0.15, -0.1) is 0 Å². The van der Waals surface area contributed by atoms with Crippen molar-refractivity contribution in [3.05, 3.63) is 53.3 Å². The Hall–Kier alpha value is -3.03. The molecule has 0 bridgehead atoms. The molecule has 0 amide bonds. The van der Waals surface area contributed by atoms with Crippen molar-refractivity contribution in [2.24, 2.45) is 0 Å². The number of halogens is 1. The molecule has 1 fully saturated rings. The van der Waals surface area contributed by atoms with Crippen molar-refractivity contribution in [2.45, 2.75) is 38.1 Å². The molecule has 3 N–H and O–H groups in total. The minimum Gasteiger partial charge on any atom is -0.508 e. The average molecular weight is 438 g/mol. The number of nitrogens with zero attached hydrogens (tertiary/aromatic N) is 1. The van der Waals surface area contributed by atoms with Gasteiger partial charge in [-0.3, -0.25) is 0 Å². The predicted molar refractivity (Wildman–Crippen MR) is 122 cm³/mol. The molecule has 4 rings (SSSR count). The summed E-state index contributed by atoms with van der Waals surface area (Å²) in [5.41, 5.74) is 2.42. The van der Waals surface area contributed by atoms with Gasteiger partial charge >= 0.3 is 0 Å². The zero-order valence-electron chi connectivity index (χ0n) is 18.2. The van der Waals surface area contributed by atoms with Gasteiger partial charge < -0.3 is 25.1 Å². The van der Waals surface area contributed by atoms with E-state index in [1.165, 1.54) is 6.07 Å². The number of rotatable bonds is 6. The van der Waals surface area contributed by atoms with Crippen molar-refractivity contribution in [1.29, 1.82) is 0 Å². The fraction of sp³-hybridized carbons (Fsp3) is 0.360. The fourth-order valence-electron chi connectivity index (χ4n) is 4.24. The molecule has 7 heteroatoms. The van der Waals surface area contributed by atoms with Gasteiger partial charge in [-0.05, 0) is 73.6 Å². The van der Waals surface area contributed by atoms with Crippen LogP contribution in [0.25, 0.3) is 22.0 Å². The second-order valence-corrected chi connectivity index (χ2v) is 8.62. The largest absolute Gasteiger partial charge is 0.508 e. The summed E-state index contributed by atoms with van der Waals surface area (Å²) >= 11 is 0. The Morgan fingerprint density at radius 3 is 2.66 bits per heavy atom. The zero-order chi connectivity index (χ0) is 22.9. The number of aliphatic hydroxyl groups is 1. The molecule has 2 heterocycles. The first-order valence-corrected chi connectivity index (χ1v) is 10.7. The van der Waals surface area contributed by atoms with Crippen molar-refractivity contribution < 1.29 is 24.1 Å². The maximum Gasteiger partial charge on any atom is 0.147 e. The Balaban J connectivity index is 2.06. The molecule has 0 aliphatic carbocycles. The van der Waals surface area contributed by atoms with Crippen LogP contribution < -0.4 is 5.32 Å². The summed E-state index contributed by atoms with van der Waals surface area (Å²) < 4.78 is 19.7. The number of aromatic hydroxyl groups is 1. The maximum absolute atomic E-state index is 14.1. The summed E-state index contributed by atoms with van der Waals surface area (Å²) in [6, 6.07) is 9.96. The van der Waals surface area contributed by atoms with Crippen LogP contribution in [0.3, 0.4) is 0 Å². The summed E-state index contributed by atoms with van der Waals surface area (Å²) in [4.78, 5) is 16.5. The van der Waals surface area contributed by atoms with E-state index in [1.807, 2.05) is 6.07 Å². The van der Waals surface area contributed by atoms with Crippen molar-refractivity contribution in [3.63, 3.8) is 0 Å². The molecule has 2 aromatic carbocycles. The lowest BCUT2D eigenvalue weighted by Crippen LogP contribution is -2.41. The number of carbonyl (C=O) groups is 1. The molecule has 168 valence electrons. The molecule has 3 aromatic rings. The van der Waals surface area contributed by atoms with E-state index in [4.69, 9.17) is 9.72 Å². The molecule has 6 nitrogen and oxygen atoms in total. The first-order valence-electron chi connectivity index (χ1n) is 10.7. The molecule has 1 aliphatic rings. The van der Waals surface area contributed by atoms with E-state index in [1.54, 1.807) is 38.1 Å². The minimum atomic E-state index is -1.23. The number of benzene rings is 2. The third kappa shape index (κ3) is 4.18. The quantitative estimate of drug-likeness (QED) is 0.497. The third-order valence-electron chi connectivity index (χ3n) is 6.08. The van der Waals surface area contributed by atoms with E-state index in [0.29, 0.717) is 36.4 Å². The molecule has 0 saturated carbocycles. The van der Waals surface area contributed by atoms with Crippen LogP contribution in [0.5, 0.6) is 5.75 Å². The molecule has 1 saturated heterocycles. The first-order chi connectivity index (χ1) is 15.3. The van der Waals surface area contributed by atoms with Crippen LogP contribution >= 0.6 is 0 Å². The number of nitrogens with one attached hydrogen (secondary N) is 1. The lowest BCUT2D eigenvalue weighted by Gasteiger charge is -2.31. The number of aryl methyl sites for hydroxylation is 1. The molecule has 32 heavy (non-hydrogen) atoms. The second kappa shape index (κ2) is 8.84.